The lowest BCUT2D eigenvalue weighted by atomic mass is 10.2. The first-order chi connectivity index (χ1) is 10.1. The number of nitrogens with one attached hydrogen (secondary N) is 2. The van der Waals surface area contributed by atoms with Crippen LogP contribution in [0.5, 0.6) is 0 Å². The highest BCUT2D eigenvalue weighted by atomic mass is 16.2. The average molecular weight is 282 g/mol. The van der Waals surface area contributed by atoms with Crippen LogP contribution in [-0.2, 0) is 0 Å². The second-order valence-corrected chi connectivity index (χ2v) is 4.64. The molecule has 21 heavy (non-hydrogen) atoms. The number of nitrogens with zero attached hydrogens (tertiary/aromatic N) is 4. The van der Waals surface area contributed by atoms with Gasteiger partial charge in [-0.3, -0.25) is 4.79 Å². The maximum atomic E-state index is 11.8. The minimum Gasteiger partial charge on any atom is -0.321 e. The molecule has 0 aliphatic carbocycles. The summed E-state index contributed by atoms with van der Waals surface area (Å²) >= 11 is 0. The quantitative estimate of drug-likeness (QED) is 0.767. The number of anilines is 1. The van der Waals surface area contributed by atoms with Crippen molar-refractivity contribution in [1.82, 2.24) is 25.0 Å². The number of aromatic nitrogens is 5. The molecule has 0 unspecified atom stereocenters. The topological polar surface area (TPSA) is 88.5 Å². The SMILES string of the molecule is Cc1ncn(-c2ccc(NC(=O)c3cn[nH]n3)cc2)c1C. The van der Waals surface area contributed by atoms with Gasteiger partial charge in [0.2, 0.25) is 0 Å². The number of H-pyrrole nitrogens is 1. The summed E-state index contributed by atoms with van der Waals surface area (Å²) in [5, 5.41) is 12.5. The Kier molecular flexibility index (Phi) is 3.23. The minimum atomic E-state index is -0.300. The predicted molar refractivity (Wildman–Crippen MR) is 77.4 cm³/mol. The summed E-state index contributed by atoms with van der Waals surface area (Å²) in [5.74, 6) is -0.300. The predicted octanol–water partition coefficient (Wildman–Crippen LogP) is 1.86. The number of imidazole rings is 1. The Morgan fingerprint density at radius 2 is 2.00 bits per heavy atom. The molecule has 106 valence electrons. The van der Waals surface area contributed by atoms with Gasteiger partial charge in [0, 0.05) is 17.1 Å². The molecule has 2 N–H and O–H groups in total. The lowest BCUT2D eigenvalue weighted by Crippen LogP contribution is -2.12. The zero-order valence-corrected chi connectivity index (χ0v) is 11.7. The number of hydrogen-bond donors (Lipinski definition) is 2. The fraction of sp³-hybridized carbons (Fsp3) is 0.143. The second-order valence-electron chi connectivity index (χ2n) is 4.64. The van der Waals surface area contributed by atoms with E-state index in [1.165, 1.54) is 6.20 Å². The van der Waals surface area contributed by atoms with Crippen LogP contribution in [0.15, 0.2) is 36.8 Å². The molecule has 0 saturated heterocycles. The van der Waals surface area contributed by atoms with Crippen LogP contribution in [0.25, 0.3) is 5.69 Å². The molecule has 0 aliphatic heterocycles. The first-order valence-electron chi connectivity index (χ1n) is 6.43. The third kappa shape index (κ3) is 2.53. The van der Waals surface area contributed by atoms with Crippen LogP contribution in [0.2, 0.25) is 0 Å². The van der Waals surface area contributed by atoms with Gasteiger partial charge in [-0.25, -0.2) is 4.98 Å². The van der Waals surface area contributed by atoms with Gasteiger partial charge < -0.3 is 9.88 Å². The minimum absolute atomic E-state index is 0.250. The molecule has 3 aromatic rings. The monoisotopic (exact) mass is 282 g/mol. The van der Waals surface area contributed by atoms with Gasteiger partial charge in [-0.05, 0) is 38.1 Å². The molecule has 0 fully saturated rings. The summed E-state index contributed by atoms with van der Waals surface area (Å²) in [5.41, 5.74) is 4.03. The third-order valence-electron chi connectivity index (χ3n) is 3.30. The van der Waals surface area contributed by atoms with E-state index in [1.807, 2.05) is 42.7 Å². The van der Waals surface area contributed by atoms with Crippen molar-refractivity contribution in [2.24, 2.45) is 0 Å². The van der Waals surface area contributed by atoms with Crippen molar-refractivity contribution < 1.29 is 4.79 Å². The van der Waals surface area contributed by atoms with Gasteiger partial charge in [-0.15, -0.1) is 0 Å². The first-order valence-corrected chi connectivity index (χ1v) is 6.43. The molecule has 0 bridgehead atoms. The van der Waals surface area contributed by atoms with Crippen LogP contribution in [0, 0.1) is 13.8 Å². The number of carbonyl (C=O) groups excluding carboxylic acids is 1. The molecular weight excluding hydrogens is 268 g/mol. The van der Waals surface area contributed by atoms with Gasteiger partial charge in [0.25, 0.3) is 5.91 Å². The Morgan fingerprint density at radius 1 is 1.24 bits per heavy atom. The fourth-order valence-corrected chi connectivity index (χ4v) is 1.97. The summed E-state index contributed by atoms with van der Waals surface area (Å²) in [6.07, 6.45) is 3.16. The number of benzene rings is 1. The highest BCUT2D eigenvalue weighted by Crippen LogP contribution is 2.17. The standard InChI is InChI=1S/C14H14N6O/c1-9-10(2)20(8-15-9)12-5-3-11(4-6-12)17-14(21)13-7-16-19-18-13/h3-8H,1-2H3,(H,17,21)(H,16,18,19). The fourth-order valence-electron chi connectivity index (χ4n) is 1.97. The Bertz CT molecular complexity index is 757. The Morgan fingerprint density at radius 3 is 2.57 bits per heavy atom. The lowest BCUT2D eigenvalue weighted by molar-refractivity contribution is 0.102. The van der Waals surface area contributed by atoms with E-state index in [9.17, 15) is 4.79 Å². The van der Waals surface area contributed by atoms with E-state index in [0.29, 0.717) is 5.69 Å². The summed E-state index contributed by atoms with van der Waals surface area (Å²) in [7, 11) is 0. The molecule has 2 heterocycles. The highest BCUT2D eigenvalue weighted by molar-refractivity contribution is 6.02. The van der Waals surface area contributed by atoms with Crippen molar-refractivity contribution in [3.63, 3.8) is 0 Å². The van der Waals surface area contributed by atoms with Gasteiger partial charge in [-0.2, -0.15) is 15.4 Å². The van der Waals surface area contributed by atoms with Crippen molar-refractivity contribution >= 4 is 11.6 Å². The van der Waals surface area contributed by atoms with E-state index in [1.54, 1.807) is 6.33 Å². The number of aryl methyl sites for hydroxylation is 1. The molecule has 1 aromatic carbocycles. The smallest absolute Gasteiger partial charge is 0.277 e. The molecular formula is C14H14N6O. The summed E-state index contributed by atoms with van der Waals surface area (Å²) in [6.45, 7) is 3.99. The number of amides is 1. The number of carbonyl (C=O) groups is 1. The molecule has 2 aromatic heterocycles. The maximum Gasteiger partial charge on any atom is 0.277 e. The van der Waals surface area contributed by atoms with Gasteiger partial charge in [-0.1, -0.05) is 0 Å². The van der Waals surface area contributed by atoms with E-state index in [-0.39, 0.29) is 11.6 Å². The number of rotatable bonds is 3. The van der Waals surface area contributed by atoms with E-state index >= 15 is 0 Å². The third-order valence-corrected chi connectivity index (χ3v) is 3.30. The summed E-state index contributed by atoms with van der Waals surface area (Å²) in [4.78, 5) is 16.1. The normalized spacial score (nSPS) is 10.6. The molecule has 0 atom stereocenters. The summed E-state index contributed by atoms with van der Waals surface area (Å²) in [6, 6.07) is 7.52. The van der Waals surface area contributed by atoms with Crippen molar-refractivity contribution in [2.75, 3.05) is 5.32 Å². The second kappa shape index (κ2) is 5.20. The van der Waals surface area contributed by atoms with Crippen LogP contribution in [-0.4, -0.2) is 30.9 Å². The lowest BCUT2D eigenvalue weighted by Gasteiger charge is -2.07. The maximum absolute atomic E-state index is 11.8. The zero-order valence-electron chi connectivity index (χ0n) is 11.7. The van der Waals surface area contributed by atoms with Crippen molar-refractivity contribution in [2.45, 2.75) is 13.8 Å². The average Bonchev–Trinajstić information content (AvgIpc) is 3.12. The van der Waals surface area contributed by atoms with Crippen LogP contribution >= 0.6 is 0 Å². The number of hydrogen-bond acceptors (Lipinski definition) is 4. The van der Waals surface area contributed by atoms with E-state index < -0.39 is 0 Å². The molecule has 1 amide bonds. The Balaban J connectivity index is 1.78. The van der Waals surface area contributed by atoms with E-state index in [4.69, 9.17) is 0 Å². The van der Waals surface area contributed by atoms with E-state index in [2.05, 4.69) is 25.7 Å². The van der Waals surface area contributed by atoms with Crippen LogP contribution in [0.1, 0.15) is 21.9 Å². The molecule has 0 spiro atoms. The van der Waals surface area contributed by atoms with E-state index in [0.717, 1.165) is 17.1 Å². The van der Waals surface area contributed by atoms with Crippen LogP contribution in [0.4, 0.5) is 5.69 Å². The van der Waals surface area contributed by atoms with Crippen LogP contribution < -0.4 is 5.32 Å². The van der Waals surface area contributed by atoms with Gasteiger partial charge in [0.15, 0.2) is 5.69 Å². The van der Waals surface area contributed by atoms with Crippen LogP contribution in [0.3, 0.4) is 0 Å². The van der Waals surface area contributed by atoms with Gasteiger partial charge in [0.1, 0.15) is 0 Å². The molecule has 0 saturated carbocycles. The largest absolute Gasteiger partial charge is 0.321 e. The van der Waals surface area contributed by atoms with Crippen molar-refractivity contribution in [1.29, 1.82) is 0 Å². The molecule has 7 heteroatoms. The molecule has 3 rings (SSSR count). The number of aromatic amines is 1. The van der Waals surface area contributed by atoms with Crippen molar-refractivity contribution in [3.8, 4) is 5.69 Å². The molecule has 7 nitrogen and oxygen atoms in total. The zero-order chi connectivity index (χ0) is 14.8. The van der Waals surface area contributed by atoms with Gasteiger partial charge >= 0.3 is 0 Å². The Labute approximate surface area is 121 Å². The summed E-state index contributed by atoms with van der Waals surface area (Å²) < 4.78 is 2.00. The van der Waals surface area contributed by atoms with Crippen molar-refractivity contribution in [3.05, 3.63) is 53.9 Å². The molecule has 0 radical (unpaired) electrons. The molecule has 0 aliphatic rings. The highest BCUT2D eigenvalue weighted by Gasteiger charge is 2.09. The first kappa shape index (κ1) is 13.0. The van der Waals surface area contributed by atoms with Gasteiger partial charge in [0.05, 0.1) is 18.2 Å². The Hall–Kier alpha value is -2.96.